The van der Waals surface area contributed by atoms with Crippen LogP contribution in [0.3, 0.4) is 0 Å². The van der Waals surface area contributed by atoms with E-state index in [-0.39, 0.29) is 47.5 Å². The topological polar surface area (TPSA) is 74.2 Å². The second-order valence-electron chi connectivity index (χ2n) is 14.2. The summed E-state index contributed by atoms with van der Waals surface area (Å²) in [7, 11) is -2.30. The first-order valence-electron chi connectivity index (χ1n) is 15.5. The lowest BCUT2D eigenvalue weighted by Crippen LogP contribution is -2.63. The molecule has 2 fully saturated rings. The van der Waals surface area contributed by atoms with Crippen molar-refractivity contribution in [3.63, 3.8) is 0 Å². The molecule has 2 aromatic carbocycles. The van der Waals surface area contributed by atoms with Crippen LogP contribution in [0.1, 0.15) is 71.4 Å². The van der Waals surface area contributed by atoms with Gasteiger partial charge in [-0.3, -0.25) is 4.79 Å². The van der Waals surface area contributed by atoms with E-state index in [2.05, 4.69) is 40.8 Å². The van der Waals surface area contributed by atoms with Gasteiger partial charge in [0.1, 0.15) is 19.0 Å². The Balaban J connectivity index is 1.65. The smallest absolute Gasteiger partial charge is 0.227 e. The predicted molar refractivity (Wildman–Crippen MR) is 166 cm³/mol. The molecule has 3 aliphatic rings. The SMILES string of the molecule is C[C@H]1CC(=O)C[C@H]2[C@@H]1CCC(O[Si](C)(C)C(C)(C)C)C21OC(C)(O)C(OCc2ccccc2)=C1OCc1ccccc1. The number of carbonyl (C=O) groups is 1. The Kier molecular flexibility index (Phi) is 8.53. The zero-order valence-corrected chi connectivity index (χ0v) is 27.3. The molecule has 3 unspecified atom stereocenters. The van der Waals surface area contributed by atoms with E-state index in [1.54, 1.807) is 6.92 Å². The molecule has 2 saturated carbocycles. The van der Waals surface area contributed by atoms with E-state index in [0.717, 1.165) is 24.0 Å². The molecule has 0 saturated heterocycles. The van der Waals surface area contributed by atoms with Crippen molar-refractivity contribution in [2.75, 3.05) is 0 Å². The quantitative estimate of drug-likeness (QED) is 0.320. The summed E-state index contributed by atoms with van der Waals surface area (Å²) in [5.74, 6) is -0.541. The second-order valence-corrected chi connectivity index (χ2v) is 19.0. The molecule has 0 aromatic heterocycles. The highest BCUT2D eigenvalue weighted by Crippen LogP contribution is 2.60. The van der Waals surface area contributed by atoms with Crippen molar-refractivity contribution in [3.8, 4) is 0 Å². The van der Waals surface area contributed by atoms with Gasteiger partial charge in [-0.25, -0.2) is 0 Å². The van der Waals surface area contributed by atoms with E-state index >= 15 is 0 Å². The van der Waals surface area contributed by atoms with Gasteiger partial charge in [0.15, 0.2) is 25.4 Å². The van der Waals surface area contributed by atoms with Crippen molar-refractivity contribution >= 4 is 14.1 Å². The van der Waals surface area contributed by atoms with Crippen LogP contribution in [0.4, 0.5) is 0 Å². The molecule has 7 heteroatoms. The molecule has 0 bridgehead atoms. The molecular formula is C35H48O6Si. The monoisotopic (exact) mass is 592 g/mol. The van der Waals surface area contributed by atoms with E-state index in [9.17, 15) is 9.90 Å². The van der Waals surface area contributed by atoms with Crippen molar-refractivity contribution in [2.45, 2.75) is 109 Å². The summed E-state index contributed by atoms with van der Waals surface area (Å²) in [5.41, 5.74) is 0.810. The van der Waals surface area contributed by atoms with Crippen LogP contribution in [-0.2, 0) is 36.6 Å². The van der Waals surface area contributed by atoms with Crippen LogP contribution in [0.15, 0.2) is 72.2 Å². The Labute approximate surface area is 252 Å². The van der Waals surface area contributed by atoms with Crippen LogP contribution in [-0.4, -0.2) is 36.7 Å². The molecular weight excluding hydrogens is 544 g/mol. The Morgan fingerprint density at radius 1 is 0.905 bits per heavy atom. The minimum Gasteiger partial charge on any atom is -0.486 e. The summed E-state index contributed by atoms with van der Waals surface area (Å²) in [6.45, 7) is 15.5. The lowest BCUT2D eigenvalue weighted by Gasteiger charge is -2.55. The molecule has 228 valence electrons. The Hall–Kier alpha value is -2.45. The van der Waals surface area contributed by atoms with Crippen molar-refractivity contribution in [1.82, 2.24) is 0 Å². The van der Waals surface area contributed by atoms with Gasteiger partial charge in [-0.05, 0) is 60.9 Å². The maximum Gasteiger partial charge on any atom is 0.227 e. The van der Waals surface area contributed by atoms with E-state index in [1.165, 1.54) is 0 Å². The molecule has 5 rings (SSSR count). The maximum absolute atomic E-state index is 13.2. The molecule has 2 aliphatic carbocycles. The van der Waals surface area contributed by atoms with Gasteiger partial charge in [0.05, 0.1) is 6.10 Å². The van der Waals surface area contributed by atoms with Gasteiger partial charge in [0.25, 0.3) is 0 Å². The third-order valence-corrected chi connectivity index (χ3v) is 14.6. The number of hydrogen-bond acceptors (Lipinski definition) is 6. The van der Waals surface area contributed by atoms with Gasteiger partial charge in [0.2, 0.25) is 5.79 Å². The molecule has 1 N–H and O–H groups in total. The lowest BCUT2D eigenvalue weighted by atomic mass is 9.58. The van der Waals surface area contributed by atoms with E-state index in [0.29, 0.717) is 18.6 Å². The molecule has 42 heavy (non-hydrogen) atoms. The highest BCUT2D eigenvalue weighted by molar-refractivity contribution is 6.74. The first-order chi connectivity index (χ1) is 19.7. The molecule has 6 atom stereocenters. The Morgan fingerprint density at radius 2 is 1.45 bits per heavy atom. The van der Waals surface area contributed by atoms with Crippen LogP contribution >= 0.6 is 0 Å². The summed E-state index contributed by atoms with van der Waals surface area (Å²) in [4.78, 5) is 13.2. The molecule has 2 aromatic rings. The summed E-state index contributed by atoms with van der Waals surface area (Å²) in [5, 5.41) is 12.0. The lowest BCUT2D eigenvalue weighted by molar-refractivity contribution is -0.275. The third-order valence-electron chi connectivity index (χ3n) is 10.1. The Bertz CT molecular complexity index is 1280. The highest BCUT2D eigenvalue weighted by Gasteiger charge is 2.68. The fourth-order valence-electron chi connectivity index (χ4n) is 6.92. The number of Topliss-reactive ketones (excluding diaryl/α,β-unsaturated/α-hetero) is 1. The molecule has 1 spiro atoms. The van der Waals surface area contributed by atoms with Crippen LogP contribution in [0, 0.1) is 17.8 Å². The van der Waals surface area contributed by atoms with Gasteiger partial charge in [-0.1, -0.05) is 88.4 Å². The molecule has 1 heterocycles. The third kappa shape index (κ3) is 5.86. The van der Waals surface area contributed by atoms with E-state index < -0.39 is 25.8 Å². The molecule has 0 amide bonds. The van der Waals surface area contributed by atoms with Gasteiger partial charge in [-0.15, -0.1) is 0 Å². The first kappa shape index (κ1) is 31.0. The number of carbonyl (C=O) groups excluding carboxylic acids is 1. The zero-order chi connectivity index (χ0) is 30.3. The molecule has 0 radical (unpaired) electrons. The summed E-state index contributed by atoms with van der Waals surface area (Å²) in [6, 6.07) is 19.9. The second kappa shape index (κ2) is 11.6. The fourth-order valence-corrected chi connectivity index (χ4v) is 8.28. The van der Waals surface area contributed by atoms with Crippen molar-refractivity contribution in [3.05, 3.63) is 83.3 Å². The largest absolute Gasteiger partial charge is 0.486 e. The van der Waals surface area contributed by atoms with Gasteiger partial charge in [-0.2, -0.15) is 0 Å². The number of hydrogen-bond donors (Lipinski definition) is 1. The maximum atomic E-state index is 13.2. The number of benzene rings is 2. The first-order valence-corrected chi connectivity index (χ1v) is 18.4. The standard InChI is InChI=1S/C35H48O6Si/c1-24-20-27(36)21-29-28(24)18-19-30(40-42(6,7)33(2,3)4)35(29)32(39-23-26-16-12-9-13-17-26)31(34(5,37)41-35)38-22-25-14-10-8-11-15-25/h8-17,24,28-30,37H,18-23H2,1-7H3/t24-,28+,29-,30?,34?,35?/m0/s1. The van der Waals surface area contributed by atoms with Crippen LogP contribution < -0.4 is 0 Å². The summed E-state index contributed by atoms with van der Waals surface area (Å²) >= 11 is 0. The van der Waals surface area contributed by atoms with Gasteiger partial charge >= 0.3 is 0 Å². The van der Waals surface area contributed by atoms with Crippen LogP contribution in [0.5, 0.6) is 0 Å². The minimum atomic E-state index is -2.30. The Morgan fingerprint density at radius 3 is 2.00 bits per heavy atom. The molecule has 6 nitrogen and oxygen atoms in total. The predicted octanol–water partition coefficient (Wildman–Crippen LogP) is 7.52. The number of ether oxygens (including phenoxy) is 3. The summed E-state index contributed by atoms with van der Waals surface area (Å²) < 4.78 is 27.3. The van der Waals surface area contributed by atoms with Crippen molar-refractivity contribution in [1.29, 1.82) is 0 Å². The summed E-state index contributed by atoms with van der Waals surface area (Å²) in [6.07, 6.45) is 2.24. The zero-order valence-electron chi connectivity index (χ0n) is 26.3. The minimum absolute atomic E-state index is 0.0384. The fraction of sp³-hybridized carbons (Fsp3) is 0.571. The average molecular weight is 593 g/mol. The molecule has 1 aliphatic heterocycles. The highest BCUT2D eigenvalue weighted by atomic mass is 28.4. The van der Waals surface area contributed by atoms with Gasteiger partial charge < -0.3 is 23.7 Å². The van der Waals surface area contributed by atoms with Crippen LogP contribution in [0.25, 0.3) is 0 Å². The van der Waals surface area contributed by atoms with Crippen molar-refractivity contribution < 1.29 is 28.5 Å². The number of ketones is 1. The number of rotatable bonds is 8. The number of aliphatic hydroxyl groups is 1. The normalized spacial score (nSPS) is 31.8. The van der Waals surface area contributed by atoms with E-state index in [1.807, 2.05) is 60.7 Å². The van der Waals surface area contributed by atoms with Crippen molar-refractivity contribution in [2.24, 2.45) is 17.8 Å². The van der Waals surface area contributed by atoms with Crippen LogP contribution in [0.2, 0.25) is 18.1 Å². The number of fused-ring (bicyclic) bond motifs is 2. The van der Waals surface area contributed by atoms with Gasteiger partial charge in [0, 0.05) is 18.8 Å². The van der Waals surface area contributed by atoms with E-state index in [4.69, 9.17) is 18.6 Å². The average Bonchev–Trinajstić information content (AvgIpc) is 3.15.